The number of carbonyl (C=O) groups is 1. The Morgan fingerprint density at radius 1 is 1.04 bits per heavy atom. The fourth-order valence-corrected chi connectivity index (χ4v) is 4.10. The summed E-state index contributed by atoms with van der Waals surface area (Å²) in [6, 6.07) is 19.4. The molecule has 134 valence electrons. The Labute approximate surface area is 166 Å². The van der Waals surface area contributed by atoms with Gasteiger partial charge in [0.15, 0.2) is 0 Å². The van der Waals surface area contributed by atoms with Crippen LogP contribution in [0.5, 0.6) is 0 Å². The first kappa shape index (κ1) is 17.6. The van der Waals surface area contributed by atoms with Crippen molar-refractivity contribution >= 4 is 34.5 Å². The van der Waals surface area contributed by atoms with Gasteiger partial charge in [-0.25, -0.2) is 0 Å². The molecule has 0 aliphatic heterocycles. The van der Waals surface area contributed by atoms with Gasteiger partial charge in [0.1, 0.15) is 4.88 Å². The van der Waals surface area contributed by atoms with Gasteiger partial charge in [-0.15, -0.1) is 11.3 Å². The molecule has 4 aromatic rings. The number of aromatic nitrogens is 1. The van der Waals surface area contributed by atoms with Gasteiger partial charge in [-0.1, -0.05) is 47.5 Å². The van der Waals surface area contributed by atoms with E-state index in [9.17, 15) is 4.79 Å². The molecule has 2 heterocycles. The van der Waals surface area contributed by atoms with Gasteiger partial charge in [-0.05, 0) is 42.8 Å². The molecule has 0 saturated carbocycles. The largest absolute Gasteiger partial charge is 0.322 e. The summed E-state index contributed by atoms with van der Waals surface area (Å²) in [7, 11) is 0. The van der Waals surface area contributed by atoms with Crippen LogP contribution < -0.4 is 5.32 Å². The highest BCUT2D eigenvalue weighted by atomic mass is 35.5. The topological polar surface area (TPSA) is 34.0 Å². The van der Waals surface area contributed by atoms with Crippen molar-refractivity contribution in [2.45, 2.75) is 6.92 Å². The van der Waals surface area contributed by atoms with Crippen molar-refractivity contribution in [3.8, 4) is 16.8 Å². The standard InChI is InChI=1S/C22H17ClN2OS/c1-15-7-9-16(10-8-15)19-14-27-21(20(19)25-11-2-3-12-25)22(26)24-18-6-4-5-17(23)13-18/h2-14H,1H3,(H,24,26). The third-order valence-electron chi connectivity index (χ3n) is 4.28. The quantitative estimate of drug-likeness (QED) is 0.427. The van der Waals surface area contributed by atoms with Crippen LogP contribution in [-0.2, 0) is 0 Å². The smallest absolute Gasteiger partial charge is 0.267 e. The number of amides is 1. The molecule has 0 spiro atoms. The van der Waals surface area contributed by atoms with Gasteiger partial charge < -0.3 is 9.88 Å². The van der Waals surface area contributed by atoms with E-state index in [2.05, 4.69) is 36.5 Å². The lowest BCUT2D eigenvalue weighted by Crippen LogP contribution is -2.12. The number of benzene rings is 2. The maximum Gasteiger partial charge on any atom is 0.267 e. The predicted octanol–water partition coefficient (Wildman–Crippen LogP) is 6.42. The lowest BCUT2D eigenvalue weighted by Gasteiger charge is -2.10. The molecule has 0 unspecified atom stereocenters. The molecular formula is C22H17ClN2OS. The SMILES string of the molecule is Cc1ccc(-c2csc(C(=O)Nc3cccc(Cl)c3)c2-n2cccc2)cc1. The van der Waals surface area contributed by atoms with Crippen molar-refractivity contribution in [3.05, 3.63) is 93.9 Å². The fraction of sp³-hybridized carbons (Fsp3) is 0.0455. The normalized spacial score (nSPS) is 10.7. The van der Waals surface area contributed by atoms with Gasteiger partial charge in [0.05, 0.1) is 5.69 Å². The van der Waals surface area contributed by atoms with Crippen molar-refractivity contribution in [2.24, 2.45) is 0 Å². The monoisotopic (exact) mass is 392 g/mol. The van der Waals surface area contributed by atoms with Crippen molar-refractivity contribution in [2.75, 3.05) is 5.32 Å². The molecule has 27 heavy (non-hydrogen) atoms. The second kappa shape index (κ2) is 7.43. The lowest BCUT2D eigenvalue weighted by atomic mass is 10.0. The van der Waals surface area contributed by atoms with Crippen molar-refractivity contribution in [3.63, 3.8) is 0 Å². The third-order valence-corrected chi connectivity index (χ3v) is 5.48. The number of rotatable bonds is 4. The minimum Gasteiger partial charge on any atom is -0.322 e. The third kappa shape index (κ3) is 3.68. The van der Waals surface area contributed by atoms with E-state index in [0.29, 0.717) is 15.6 Å². The van der Waals surface area contributed by atoms with E-state index in [1.165, 1.54) is 16.9 Å². The van der Waals surface area contributed by atoms with E-state index < -0.39 is 0 Å². The number of halogens is 1. The first-order chi connectivity index (χ1) is 13.1. The van der Waals surface area contributed by atoms with Gasteiger partial charge in [0.2, 0.25) is 0 Å². The Hall–Kier alpha value is -2.82. The number of anilines is 1. The van der Waals surface area contributed by atoms with Crippen LogP contribution in [0.2, 0.25) is 5.02 Å². The molecule has 0 atom stereocenters. The predicted molar refractivity (Wildman–Crippen MR) is 113 cm³/mol. The van der Waals surface area contributed by atoms with Crippen LogP contribution >= 0.6 is 22.9 Å². The summed E-state index contributed by atoms with van der Waals surface area (Å²) in [5, 5.41) is 5.57. The first-order valence-corrected chi connectivity index (χ1v) is 9.76. The van der Waals surface area contributed by atoms with Gasteiger partial charge in [0.25, 0.3) is 5.91 Å². The summed E-state index contributed by atoms with van der Waals surface area (Å²) < 4.78 is 1.98. The van der Waals surface area contributed by atoms with E-state index in [1.807, 2.05) is 46.6 Å². The highest BCUT2D eigenvalue weighted by Gasteiger charge is 2.20. The van der Waals surface area contributed by atoms with E-state index in [-0.39, 0.29) is 5.91 Å². The van der Waals surface area contributed by atoms with Gasteiger partial charge in [0, 0.05) is 34.0 Å². The molecule has 0 bridgehead atoms. The first-order valence-electron chi connectivity index (χ1n) is 8.50. The number of nitrogens with zero attached hydrogens (tertiary/aromatic N) is 1. The number of nitrogens with one attached hydrogen (secondary N) is 1. The summed E-state index contributed by atoms with van der Waals surface area (Å²) in [6.07, 6.45) is 3.91. The van der Waals surface area contributed by atoms with Gasteiger partial charge in [-0.3, -0.25) is 4.79 Å². The number of hydrogen-bond donors (Lipinski definition) is 1. The Kier molecular flexibility index (Phi) is 4.84. The molecule has 0 aliphatic carbocycles. The fourth-order valence-electron chi connectivity index (χ4n) is 2.94. The Morgan fingerprint density at radius 2 is 1.78 bits per heavy atom. The summed E-state index contributed by atoms with van der Waals surface area (Å²) in [5.74, 6) is -0.149. The molecule has 0 fully saturated rings. The highest BCUT2D eigenvalue weighted by Crippen LogP contribution is 2.35. The van der Waals surface area contributed by atoms with Crippen molar-refractivity contribution in [1.29, 1.82) is 0 Å². The molecule has 2 aromatic carbocycles. The Morgan fingerprint density at radius 3 is 2.48 bits per heavy atom. The summed E-state index contributed by atoms with van der Waals surface area (Å²) in [6.45, 7) is 2.06. The maximum absolute atomic E-state index is 13.0. The van der Waals surface area contributed by atoms with Crippen LogP contribution in [0.1, 0.15) is 15.2 Å². The second-order valence-corrected chi connectivity index (χ2v) is 7.56. The van der Waals surface area contributed by atoms with E-state index in [0.717, 1.165) is 16.8 Å². The molecule has 0 radical (unpaired) electrons. The zero-order valence-corrected chi connectivity index (χ0v) is 16.2. The van der Waals surface area contributed by atoms with Crippen molar-refractivity contribution < 1.29 is 4.79 Å². The Balaban J connectivity index is 1.77. The molecule has 1 amide bonds. The average Bonchev–Trinajstić information content (AvgIpc) is 3.32. The Bertz CT molecular complexity index is 1080. The van der Waals surface area contributed by atoms with Crippen LogP contribution in [0.15, 0.2) is 78.4 Å². The highest BCUT2D eigenvalue weighted by molar-refractivity contribution is 7.13. The van der Waals surface area contributed by atoms with E-state index in [1.54, 1.807) is 12.1 Å². The van der Waals surface area contributed by atoms with Crippen LogP contribution in [0.4, 0.5) is 5.69 Å². The van der Waals surface area contributed by atoms with Crippen LogP contribution in [-0.4, -0.2) is 10.5 Å². The van der Waals surface area contributed by atoms with E-state index in [4.69, 9.17) is 11.6 Å². The molecule has 3 nitrogen and oxygen atoms in total. The second-order valence-electron chi connectivity index (χ2n) is 6.25. The maximum atomic E-state index is 13.0. The number of hydrogen-bond acceptors (Lipinski definition) is 2. The van der Waals surface area contributed by atoms with Gasteiger partial charge in [-0.2, -0.15) is 0 Å². The van der Waals surface area contributed by atoms with E-state index >= 15 is 0 Å². The summed E-state index contributed by atoms with van der Waals surface area (Å²) >= 11 is 7.47. The molecular weight excluding hydrogens is 376 g/mol. The molecule has 4 rings (SSSR count). The van der Waals surface area contributed by atoms with Crippen LogP contribution in [0.3, 0.4) is 0 Å². The average molecular weight is 393 g/mol. The lowest BCUT2D eigenvalue weighted by molar-refractivity contribution is 0.103. The number of carbonyl (C=O) groups excluding carboxylic acids is 1. The number of thiophene rings is 1. The summed E-state index contributed by atoms with van der Waals surface area (Å²) in [5.41, 5.74) is 4.88. The minimum atomic E-state index is -0.149. The van der Waals surface area contributed by atoms with Crippen LogP contribution in [0.25, 0.3) is 16.8 Å². The zero-order chi connectivity index (χ0) is 18.8. The molecule has 1 N–H and O–H groups in total. The summed E-state index contributed by atoms with van der Waals surface area (Å²) in [4.78, 5) is 13.6. The number of aryl methyl sites for hydroxylation is 1. The van der Waals surface area contributed by atoms with Crippen molar-refractivity contribution in [1.82, 2.24) is 4.57 Å². The van der Waals surface area contributed by atoms with Crippen LogP contribution in [0, 0.1) is 6.92 Å². The molecule has 0 aliphatic rings. The molecule has 0 saturated heterocycles. The molecule has 5 heteroatoms. The molecule has 2 aromatic heterocycles. The van der Waals surface area contributed by atoms with Gasteiger partial charge >= 0.3 is 0 Å². The minimum absolute atomic E-state index is 0.149. The zero-order valence-electron chi connectivity index (χ0n) is 14.6.